The summed E-state index contributed by atoms with van der Waals surface area (Å²) in [5.74, 6) is 0. The summed E-state index contributed by atoms with van der Waals surface area (Å²) in [6.07, 6.45) is 6.08. The SMILES string of the molecule is CCCC[N+]1=C=[N+](c2[c-]ccc3c2C(C)(C)c2ncccc2-3)c2ccccc21.Cc1ccc(-c2[c-]cccc2)nc1.[Ir]. The Morgan fingerprint density at radius 2 is 1.64 bits per heavy atom. The van der Waals surface area contributed by atoms with Crippen LogP contribution in [-0.4, -0.2) is 27.1 Å². The molecular weight excluding hydrogens is 693 g/mol. The van der Waals surface area contributed by atoms with Gasteiger partial charge in [0.1, 0.15) is 5.69 Å². The van der Waals surface area contributed by atoms with Gasteiger partial charge in [-0.15, -0.1) is 47.5 Å². The van der Waals surface area contributed by atoms with Gasteiger partial charge in [-0.2, -0.15) is 12.1 Å². The molecule has 0 saturated carbocycles. The first-order valence-electron chi connectivity index (χ1n) is 14.3. The maximum Gasteiger partial charge on any atom is 0.494 e. The zero-order valence-corrected chi connectivity index (χ0v) is 26.9. The maximum absolute atomic E-state index is 4.73. The monoisotopic (exact) mass is 727 g/mol. The molecular formula is C37H34IrN4. The number of rotatable bonds is 5. The summed E-state index contributed by atoms with van der Waals surface area (Å²) in [4.78, 5) is 9.05. The van der Waals surface area contributed by atoms with Crippen LogP contribution in [0.4, 0.5) is 17.1 Å². The van der Waals surface area contributed by atoms with E-state index in [0.717, 1.165) is 35.6 Å². The standard InChI is InChI=1S/C25H24N3.C12H10N.Ir/c1-4-5-16-27-17-28(21-13-7-6-12-20(21)27)22-14-8-10-18-19-11-9-15-26-24(19)25(2,3)23(18)22;1-10-7-8-12(13-9-10)11-5-3-2-4-6-11;/h6-13,15H,4-5,16H2,1-3H3;2-5,7-9H,1H3;/q+1;-1;. The molecule has 0 amide bonds. The van der Waals surface area contributed by atoms with Crippen LogP contribution < -0.4 is 4.58 Å². The quantitative estimate of drug-likeness (QED) is 0.134. The molecule has 5 aromatic rings. The zero-order valence-electron chi connectivity index (χ0n) is 24.5. The van der Waals surface area contributed by atoms with Crippen LogP contribution >= 0.6 is 0 Å². The van der Waals surface area contributed by atoms with Gasteiger partial charge in [-0.05, 0) is 35.2 Å². The van der Waals surface area contributed by atoms with Gasteiger partial charge in [-0.1, -0.05) is 72.2 Å². The Morgan fingerprint density at radius 3 is 2.38 bits per heavy atom. The van der Waals surface area contributed by atoms with E-state index in [1.807, 2.05) is 61.8 Å². The second-order valence-corrected chi connectivity index (χ2v) is 11.1. The van der Waals surface area contributed by atoms with Crippen LogP contribution in [0.2, 0.25) is 0 Å². The Kier molecular flexibility index (Phi) is 8.75. The molecule has 0 atom stereocenters. The van der Waals surface area contributed by atoms with Gasteiger partial charge >= 0.3 is 6.01 Å². The molecule has 1 radical (unpaired) electrons. The molecule has 3 heterocycles. The van der Waals surface area contributed by atoms with E-state index in [1.165, 1.54) is 40.0 Å². The van der Waals surface area contributed by atoms with E-state index in [9.17, 15) is 0 Å². The van der Waals surface area contributed by atoms with Gasteiger partial charge in [-0.25, -0.2) is 0 Å². The number of aromatic nitrogens is 2. The fraction of sp³-hybridized carbons (Fsp3) is 0.216. The van der Waals surface area contributed by atoms with Gasteiger partial charge in [0.15, 0.2) is 6.54 Å². The van der Waals surface area contributed by atoms with Crippen molar-refractivity contribution in [1.82, 2.24) is 14.5 Å². The fourth-order valence-electron chi connectivity index (χ4n) is 5.71. The average Bonchev–Trinajstić information content (AvgIpc) is 3.50. The summed E-state index contributed by atoms with van der Waals surface area (Å²) in [5.41, 5.74) is 11.4. The minimum atomic E-state index is -0.174. The van der Waals surface area contributed by atoms with Crippen LogP contribution in [-0.2, 0) is 25.5 Å². The fourth-order valence-corrected chi connectivity index (χ4v) is 5.71. The molecule has 42 heavy (non-hydrogen) atoms. The summed E-state index contributed by atoms with van der Waals surface area (Å²) < 4.78 is 4.44. The number of unbranched alkanes of at least 4 members (excludes halogenated alkanes) is 1. The van der Waals surface area contributed by atoms with Crippen molar-refractivity contribution in [2.24, 2.45) is 0 Å². The molecule has 0 fully saturated rings. The van der Waals surface area contributed by atoms with Crippen LogP contribution in [0.25, 0.3) is 22.4 Å². The number of para-hydroxylation sites is 2. The first kappa shape index (κ1) is 29.5. The normalized spacial score (nSPS) is 13.4. The van der Waals surface area contributed by atoms with Crippen LogP contribution in [0.3, 0.4) is 0 Å². The van der Waals surface area contributed by atoms with E-state index >= 15 is 0 Å². The second-order valence-electron chi connectivity index (χ2n) is 11.1. The average molecular weight is 727 g/mol. The number of pyridine rings is 2. The van der Waals surface area contributed by atoms with Gasteiger partial charge in [0, 0.05) is 56.7 Å². The number of hydrogen-bond acceptors (Lipinski definition) is 2. The molecule has 0 unspecified atom stereocenters. The van der Waals surface area contributed by atoms with E-state index in [2.05, 4.69) is 95.5 Å². The van der Waals surface area contributed by atoms with Crippen molar-refractivity contribution < 1.29 is 24.7 Å². The van der Waals surface area contributed by atoms with Crippen LogP contribution in [0, 0.1) is 19.1 Å². The molecule has 2 aromatic heterocycles. The number of nitrogens with zero attached hydrogens (tertiary/aromatic N) is 4. The van der Waals surface area contributed by atoms with Crippen LogP contribution in [0.15, 0.2) is 97.3 Å². The van der Waals surface area contributed by atoms with Gasteiger partial charge in [0.05, 0.1) is 0 Å². The third kappa shape index (κ3) is 5.44. The van der Waals surface area contributed by atoms with Crippen molar-refractivity contribution in [2.45, 2.75) is 46.0 Å². The maximum atomic E-state index is 4.73. The molecule has 5 heteroatoms. The largest absolute Gasteiger partial charge is 0.494 e. The minimum absolute atomic E-state index is 0. The third-order valence-corrected chi connectivity index (χ3v) is 7.78. The van der Waals surface area contributed by atoms with Crippen LogP contribution in [0.5, 0.6) is 0 Å². The predicted molar refractivity (Wildman–Crippen MR) is 166 cm³/mol. The number of aryl methyl sites for hydroxylation is 1. The number of fused-ring (bicyclic) bond motifs is 4. The first-order chi connectivity index (χ1) is 20.0. The zero-order chi connectivity index (χ0) is 28.4. The molecule has 1 aliphatic heterocycles. The molecule has 2 aliphatic rings. The van der Waals surface area contributed by atoms with E-state index in [4.69, 9.17) is 4.98 Å². The van der Waals surface area contributed by atoms with Gasteiger partial charge in [-0.3, -0.25) is 4.98 Å². The summed E-state index contributed by atoms with van der Waals surface area (Å²) >= 11 is 0. The van der Waals surface area contributed by atoms with E-state index < -0.39 is 0 Å². The summed E-state index contributed by atoms with van der Waals surface area (Å²) in [6.45, 7) is 9.76. The molecule has 7 rings (SSSR count). The molecule has 0 saturated heterocycles. The van der Waals surface area contributed by atoms with Crippen molar-refractivity contribution in [3.8, 4) is 22.4 Å². The van der Waals surface area contributed by atoms with Crippen molar-refractivity contribution in [1.29, 1.82) is 0 Å². The molecule has 0 N–H and O–H groups in total. The smallest absolute Gasteiger partial charge is 0.304 e. The van der Waals surface area contributed by atoms with Crippen molar-refractivity contribution in [3.05, 3.63) is 126 Å². The van der Waals surface area contributed by atoms with E-state index in [1.54, 1.807) is 0 Å². The van der Waals surface area contributed by atoms with E-state index in [-0.39, 0.29) is 25.5 Å². The molecule has 0 spiro atoms. The van der Waals surface area contributed by atoms with E-state index in [0.29, 0.717) is 0 Å². The van der Waals surface area contributed by atoms with Crippen molar-refractivity contribution in [3.63, 3.8) is 0 Å². The van der Waals surface area contributed by atoms with Gasteiger partial charge < -0.3 is 4.98 Å². The number of benzene rings is 3. The second kappa shape index (κ2) is 12.5. The van der Waals surface area contributed by atoms with Crippen molar-refractivity contribution >= 4 is 23.1 Å². The Labute approximate surface area is 262 Å². The molecule has 1 aliphatic carbocycles. The minimum Gasteiger partial charge on any atom is -0.304 e. The predicted octanol–water partition coefficient (Wildman–Crippen LogP) is 8.51. The topological polar surface area (TPSA) is 31.8 Å². The summed E-state index contributed by atoms with van der Waals surface area (Å²) in [7, 11) is 0. The third-order valence-electron chi connectivity index (χ3n) is 7.78. The molecule has 211 valence electrons. The molecule has 3 aromatic carbocycles. The summed E-state index contributed by atoms with van der Waals surface area (Å²) in [5, 5.41) is 0. The Hall–Kier alpha value is -4.01. The van der Waals surface area contributed by atoms with Crippen LogP contribution in [0.1, 0.15) is 50.4 Å². The number of hydrogen-bond donors (Lipinski definition) is 0. The molecule has 4 nitrogen and oxygen atoms in total. The Bertz CT molecular complexity index is 1780. The molecule has 0 bridgehead atoms. The summed E-state index contributed by atoms with van der Waals surface area (Å²) in [6, 6.07) is 39.2. The van der Waals surface area contributed by atoms with Gasteiger partial charge in [0.25, 0.3) is 11.4 Å². The Morgan fingerprint density at radius 1 is 0.833 bits per heavy atom. The van der Waals surface area contributed by atoms with Gasteiger partial charge in [0.2, 0.25) is 0 Å². The Balaban J connectivity index is 0.000000212. The van der Waals surface area contributed by atoms with Crippen molar-refractivity contribution in [2.75, 3.05) is 6.54 Å². The first-order valence-corrected chi connectivity index (χ1v) is 14.3.